The van der Waals surface area contributed by atoms with Gasteiger partial charge in [-0.15, -0.1) is 0 Å². The molecule has 0 spiro atoms. The highest BCUT2D eigenvalue weighted by atomic mass is 16.7. The summed E-state index contributed by atoms with van der Waals surface area (Å²) in [5.41, 5.74) is 3.71. The van der Waals surface area contributed by atoms with Crippen LogP contribution in [-0.4, -0.2) is 79.7 Å². The zero-order chi connectivity index (χ0) is 36.5. The molecule has 0 unspecified atom stereocenters. The molecule has 2 aliphatic rings. The van der Waals surface area contributed by atoms with E-state index in [1.54, 1.807) is 7.11 Å². The first-order valence-electron chi connectivity index (χ1n) is 18.0. The summed E-state index contributed by atoms with van der Waals surface area (Å²) in [6.07, 6.45) is -7.16. The molecule has 9 nitrogen and oxygen atoms in total. The second-order valence-corrected chi connectivity index (χ2v) is 13.2. The van der Waals surface area contributed by atoms with E-state index in [0.717, 1.165) is 27.8 Å². The molecule has 2 heterocycles. The maximum atomic E-state index is 11.3. The van der Waals surface area contributed by atoms with Crippen molar-refractivity contribution in [2.24, 2.45) is 0 Å². The normalized spacial score (nSPS) is 25.8. The number of benzene rings is 5. The molecule has 2 N–H and O–H groups in total. The van der Waals surface area contributed by atoms with E-state index >= 15 is 0 Å². The molecule has 0 aromatic heterocycles. The molecular formula is C44H46O9. The number of aliphatic hydroxyl groups is 2. The minimum Gasteiger partial charge on any atom is -0.387 e. The molecule has 0 saturated carbocycles. The van der Waals surface area contributed by atoms with E-state index in [4.69, 9.17) is 33.2 Å². The zero-order valence-corrected chi connectivity index (χ0v) is 29.6. The van der Waals surface area contributed by atoms with Gasteiger partial charge in [0.05, 0.1) is 26.4 Å². The second kappa shape index (κ2) is 17.7. The van der Waals surface area contributed by atoms with Crippen LogP contribution in [-0.2, 0) is 52.0 Å². The van der Waals surface area contributed by atoms with Crippen LogP contribution in [0.4, 0.5) is 0 Å². The highest BCUT2D eigenvalue weighted by Crippen LogP contribution is 2.41. The molecule has 2 saturated heterocycles. The van der Waals surface area contributed by atoms with Gasteiger partial charge in [0.25, 0.3) is 0 Å². The topological polar surface area (TPSA) is 105 Å². The predicted octanol–water partition coefficient (Wildman–Crippen LogP) is 6.00. The Morgan fingerprint density at radius 2 is 0.925 bits per heavy atom. The van der Waals surface area contributed by atoms with Crippen molar-refractivity contribution >= 4 is 0 Å². The molecule has 9 heteroatoms. The Kier molecular flexibility index (Phi) is 12.4. The molecule has 5 aromatic carbocycles. The molecule has 0 amide bonds. The van der Waals surface area contributed by atoms with Crippen molar-refractivity contribution in [3.63, 3.8) is 0 Å². The third-order valence-corrected chi connectivity index (χ3v) is 9.82. The van der Waals surface area contributed by atoms with Crippen molar-refractivity contribution in [3.8, 4) is 0 Å². The molecule has 276 valence electrons. The summed E-state index contributed by atoms with van der Waals surface area (Å²) in [5, 5.41) is 22.4. The highest BCUT2D eigenvalue weighted by molar-refractivity contribution is 5.47. The van der Waals surface area contributed by atoms with Crippen LogP contribution in [0.25, 0.3) is 0 Å². The maximum absolute atomic E-state index is 11.3. The van der Waals surface area contributed by atoms with Crippen LogP contribution in [0, 0.1) is 0 Å². The van der Waals surface area contributed by atoms with E-state index in [2.05, 4.69) is 0 Å². The second-order valence-electron chi connectivity index (χ2n) is 13.2. The first-order chi connectivity index (χ1) is 26.1. The average molecular weight is 719 g/mol. The fourth-order valence-corrected chi connectivity index (χ4v) is 7.08. The Hall–Kier alpha value is -4.26. The Bertz CT molecular complexity index is 1700. The average Bonchev–Trinajstić information content (AvgIpc) is 3.71. The molecule has 2 aliphatic heterocycles. The van der Waals surface area contributed by atoms with Crippen molar-refractivity contribution in [1.82, 2.24) is 0 Å². The van der Waals surface area contributed by atoms with Crippen LogP contribution in [0.2, 0.25) is 0 Å². The van der Waals surface area contributed by atoms with E-state index in [9.17, 15) is 10.2 Å². The molecule has 0 aliphatic carbocycles. The van der Waals surface area contributed by atoms with Gasteiger partial charge in [-0.1, -0.05) is 152 Å². The predicted molar refractivity (Wildman–Crippen MR) is 197 cm³/mol. The van der Waals surface area contributed by atoms with Crippen LogP contribution in [0.15, 0.2) is 152 Å². The van der Waals surface area contributed by atoms with Crippen molar-refractivity contribution in [1.29, 1.82) is 0 Å². The quantitative estimate of drug-likeness (QED) is 0.119. The van der Waals surface area contributed by atoms with E-state index in [1.165, 1.54) is 0 Å². The van der Waals surface area contributed by atoms with Gasteiger partial charge in [0.2, 0.25) is 0 Å². The van der Waals surface area contributed by atoms with Gasteiger partial charge in [0, 0.05) is 7.11 Å². The lowest BCUT2D eigenvalue weighted by Crippen LogP contribution is -2.41. The van der Waals surface area contributed by atoms with Crippen molar-refractivity contribution in [2.45, 2.75) is 68.0 Å². The SMILES string of the molecule is CO[C@H]1O[C@H](CO[C@H]2O[C@H](COC(c3ccccc3)(c3ccccc3)c3ccccc3)[C@@H](O)[C@@H]2O)[C@@H](OCc2ccccc2)[C@@H]1OCc1ccccc1. The lowest BCUT2D eigenvalue weighted by atomic mass is 9.80. The van der Waals surface area contributed by atoms with Crippen LogP contribution in [0.3, 0.4) is 0 Å². The number of ether oxygens (including phenoxy) is 7. The van der Waals surface area contributed by atoms with Crippen LogP contribution < -0.4 is 0 Å². The summed E-state index contributed by atoms with van der Waals surface area (Å²) in [7, 11) is 1.56. The van der Waals surface area contributed by atoms with Gasteiger partial charge in [-0.2, -0.15) is 0 Å². The fourth-order valence-electron chi connectivity index (χ4n) is 7.08. The molecule has 5 aromatic rings. The van der Waals surface area contributed by atoms with Gasteiger partial charge in [0.15, 0.2) is 12.6 Å². The number of methoxy groups -OCH3 is 1. The van der Waals surface area contributed by atoms with Crippen molar-refractivity contribution in [3.05, 3.63) is 179 Å². The van der Waals surface area contributed by atoms with Crippen molar-refractivity contribution < 1.29 is 43.4 Å². The number of hydrogen-bond acceptors (Lipinski definition) is 9. The summed E-state index contributed by atoms with van der Waals surface area (Å²) < 4.78 is 44.0. The largest absolute Gasteiger partial charge is 0.387 e. The van der Waals surface area contributed by atoms with Crippen LogP contribution in [0.5, 0.6) is 0 Å². The standard InChI is InChI=1S/C44H46O9/c1-47-43-41(49-28-32-19-9-3-10-20-32)40(48-27-31-17-7-2-8-18-31)37(53-43)29-50-42-39(46)38(45)36(52-42)30-51-44(33-21-11-4-12-22-33,34-23-13-5-14-24-34)35-25-15-6-16-26-35/h2-26,36-43,45-46H,27-30H2,1H3/t36-,37-,38-,39+,40-,41+,42+,43+/m1/s1. The molecule has 53 heavy (non-hydrogen) atoms. The monoisotopic (exact) mass is 718 g/mol. The smallest absolute Gasteiger partial charge is 0.186 e. The molecule has 7 rings (SSSR count). The molecular weight excluding hydrogens is 672 g/mol. The van der Waals surface area contributed by atoms with Gasteiger partial charge in [-0.3, -0.25) is 0 Å². The molecule has 0 radical (unpaired) electrons. The Labute approximate surface area is 310 Å². The van der Waals surface area contributed by atoms with Gasteiger partial charge < -0.3 is 43.4 Å². The van der Waals surface area contributed by atoms with E-state index in [1.807, 2.05) is 152 Å². The fraction of sp³-hybridized carbons (Fsp3) is 0.318. The molecule has 0 bridgehead atoms. The molecule has 8 atom stereocenters. The van der Waals surface area contributed by atoms with Crippen LogP contribution >= 0.6 is 0 Å². The summed E-state index contributed by atoms with van der Waals surface area (Å²) in [6.45, 7) is 0.594. The summed E-state index contributed by atoms with van der Waals surface area (Å²) in [6, 6.07) is 49.6. The third kappa shape index (κ3) is 8.45. The first-order valence-corrected chi connectivity index (χ1v) is 18.0. The van der Waals surface area contributed by atoms with Gasteiger partial charge in [0.1, 0.15) is 42.2 Å². The Morgan fingerprint density at radius 3 is 1.40 bits per heavy atom. The van der Waals surface area contributed by atoms with Gasteiger partial charge in [-0.25, -0.2) is 0 Å². The number of rotatable bonds is 16. The van der Waals surface area contributed by atoms with E-state index in [-0.39, 0.29) is 13.2 Å². The minimum atomic E-state index is -1.34. The number of aliphatic hydroxyl groups excluding tert-OH is 2. The summed E-state index contributed by atoms with van der Waals surface area (Å²) in [5.74, 6) is 0. The zero-order valence-electron chi connectivity index (χ0n) is 29.6. The Morgan fingerprint density at radius 1 is 0.491 bits per heavy atom. The lowest BCUT2D eigenvalue weighted by Gasteiger charge is -2.37. The third-order valence-electron chi connectivity index (χ3n) is 9.82. The summed E-state index contributed by atoms with van der Waals surface area (Å²) >= 11 is 0. The van der Waals surface area contributed by atoms with E-state index in [0.29, 0.717) is 13.2 Å². The summed E-state index contributed by atoms with van der Waals surface area (Å²) in [4.78, 5) is 0. The molecule has 2 fully saturated rings. The number of hydrogen-bond donors (Lipinski definition) is 2. The minimum absolute atomic E-state index is 0.0193. The van der Waals surface area contributed by atoms with Crippen molar-refractivity contribution in [2.75, 3.05) is 20.3 Å². The van der Waals surface area contributed by atoms with Crippen LogP contribution in [0.1, 0.15) is 27.8 Å². The maximum Gasteiger partial charge on any atom is 0.186 e. The first kappa shape index (κ1) is 37.1. The Balaban J connectivity index is 1.06. The van der Waals surface area contributed by atoms with E-state index < -0.39 is 54.8 Å². The van der Waals surface area contributed by atoms with Gasteiger partial charge >= 0.3 is 0 Å². The lowest BCUT2D eigenvalue weighted by molar-refractivity contribution is -0.206. The van der Waals surface area contributed by atoms with Gasteiger partial charge in [-0.05, 0) is 27.8 Å². The highest BCUT2D eigenvalue weighted by Gasteiger charge is 2.50.